The van der Waals surface area contributed by atoms with Crippen molar-refractivity contribution in [3.63, 3.8) is 0 Å². The number of ether oxygens (including phenoxy) is 1. The highest BCUT2D eigenvalue weighted by Crippen LogP contribution is 2.27. The number of carbonyl (C=O) groups is 1. The van der Waals surface area contributed by atoms with Crippen LogP contribution in [0.3, 0.4) is 0 Å². The average molecular weight is 248 g/mol. The third-order valence-corrected chi connectivity index (χ3v) is 2.57. The van der Waals surface area contributed by atoms with Gasteiger partial charge in [0.15, 0.2) is 0 Å². The zero-order valence-electron chi connectivity index (χ0n) is 9.61. The first kappa shape index (κ1) is 12.2. The van der Waals surface area contributed by atoms with Gasteiger partial charge in [-0.3, -0.25) is 0 Å². The van der Waals surface area contributed by atoms with Gasteiger partial charge in [0.25, 0.3) is 0 Å². The minimum atomic E-state index is -0.786. The van der Waals surface area contributed by atoms with Crippen molar-refractivity contribution in [1.82, 2.24) is 0 Å². The molecule has 0 N–H and O–H groups in total. The predicted molar refractivity (Wildman–Crippen MR) is 63.1 cm³/mol. The maximum absolute atomic E-state index is 14.1. The van der Waals surface area contributed by atoms with Gasteiger partial charge in [-0.1, -0.05) is 30.3 Å². The van der Waals surface area contributed by atoms with E-state index in [4.69, 9.17) is 0 Å². The number of carbonyl (C=O) groups excluding carboxylic acids is 1. The molecule has 0 aliphatic rings. The Morgan fingerprint density at radius 3 is 2.33 bits per heavy atom. The van der Waals surface area contributed by atoms with Crippen LogP contribution in [0, 0.1) is 11.6 Å². The molecule has 0 atom stereocenters. The minimum absolute atomic E-state index is 0.0380. The van der Waals surface area contributed by atoms with E-state index in [1.165, 1.54) is 36.4 Å². The lowest BCUT2D eigenvalue weighted by molar-refractivity contribution is 0.0595. The number of methoxy groups -OCH3 is 1. The zero-order chi connectivity index (χ0) is 13.1. The summed E-state index contributed by atoms with van der Waals surface area (Å²) in [6.07, 6.45) is 0. The number of benzene rings is 2. The molecule has 2 nitrogen and oxygen atoms in total. The molecule has 0 spiro atoms. The molecule has 0 bridgehead atoms. The van der Waals surface area contributed by atoms with Crippen LogP contribution in [0.2, 0.25) is 0 Å². The van der Waals surface area contributed by atoms with Crippen molar-refractivity contribution in [3.8, 4) is 11.1 Å². The number of hydrogen-bond donors (Lipinski definition) is 0. The van der Waals surface area contributed by atoms with Gasteiger partial charge in [0.1, 0.15) is 11.6 Å². The van der Waals surface area contributed by atoms with E-state index in [1.54, 1.807) is 6.07 Å². The molecule has 0 radical (unpaired) electrons. The number of esters is 1. The van der Waals surface area contributed by atoms with Crippen LogP contribution in [-0.4, -0.2) is 13.1 Å². The van der Waals surface area contributed by atoms with Crippen molar-refractivity contribution >= 4 is 5.97 Å². The monoisotopic (exact) mass is 248 g/mol. The van der Waals surface area contributed by atoms with Gasteiger partial charge < -0.3 is 4.74 Å². The molecule has 2 rings (SSSR count). The summed E-state index contributed by atoms with van der Waals surface area (Å²) in [6, 6.07) is 10.0. The molecule has 0 fully saturated rings. The van der Waals surface area contributed by atoms with E-state index >= 15 is 0 Å². The Morgan fingerprint density at radius 2 is 1.67 bits per heavy atom. The van der Waals surface area contributed by atoms with Crippen molar-refractivity contribution in [2.24, 2.45) is 0 Å². The SMILES string of the molecule is COC(=O)c1cccc(-c2ccccc2F)c1F. The molecule has 18 heavy (non-hydrogen) atoms. The largest absolute Gasteiger partial charge is 0.465 e. The maximum atomic E-state index is 14.1. The molecule has 0 saturated heterocycles. The normalized spacial score (nSPS) is 10.2. The topological polar surface area (TPSA) is 26.3 Å². The van der Waals surface area contributed by atoms with E-state index in [0.29, 0.717) is 0 Å². The second-order valence-electron chi connectivity index (χ2n) is 3.64. The number of rotatable bonds is 2. The molecule has 0 aromatic heterocycles. The summed E-state index contributed by atoms with van der Waals surface area (Å²) in [7, 11) is 1.16. The van der Waals surface area contributed by atoms with Crippen molar-refractivity contribution in [2.45, 2.75) is 0 Å². The summed E-state index contributed by atoms with van der Waals surface area (Å²) in [5.74, 6) is -2.11. The molecule has 2 aromatic carbocycles. The second kappa shape index (κ2) is 4.96. The van der Waals surface area contributed by atoms with E-state index < -0.39 is 17.6 Å². The Balaban J connectivity index is 2.60. The quantitative estimate of drug-likeness (QED) is 0.761. The Morgan fingerprint density at radius 1 is 1.00 bits per heavy atom. The summed E-state index contributed by atoms with van der Waals surface area (Å²) in [5, 5.41) is 0. The number of hydrogen-bond acceptors (Lipinski definition) is 2. The highest BCUT2D eigenvalue weighted by atomic mass is 19.1. The summed E-state index contributed by atoms with van der Waals surface area (Å²) < 4.78 is 32.2. The molecule has 0 aliphatic carbocycles. The van der Waals surface area contributed by atoms with Crippen LogP contribution in [0.1, 0.15) is 10.4 Å². The van der Waals surface area contributed by atoms with Crippen LogP contribution in [-0.2, 0) is 4.74 Å². The standard InChI is InChI=1S/C14H10F2O2/c1-18-14(17)11-7-4-6-10(13(11)16)9-5-2-3-8-12(9)15/h2-8H,1H3. The Hall–Kier alpha value is -2.23. The molecule has 0 unspecified atom stereocenters. The van der Waals surface area contributed by atoms with E-state index in [2.05, 4.69) is 4.74 Å². The fourth-order valence-electron chi connectivity index (χ4n) is 1.69. The van der Waals surface area contributed by atoms with Crippen LogP contribution < -0.4 is 0 Å². The molecule has 0 amide bonds. The second-order valence-corrected chi connectivity index (χ2v) is 3.64. The van der Waals surface area contributed by atoms with Crippen LogP contribution >= 0.6 is 0 Å². The lowest BCUT2D eigenvalue weighted by Crippen LogP contribution is -2.05. The maximum Gasteiger partial charge on any atom is 0.340 e. The smallest absolute Gasteiger partial charge is 0.340 e. The van der Waals surface area contributed by atoms with Crippen LogP contribution in [0.25, 0.3) is 11.1 Å². The van der Waals surface area contributed by atoms with Gasteiger partial charge in [0.2, 0.25) is 0 Å². The molecule has 0 saturated carbocycles. The van der Waals surface area contributed by atoms with Gasteiger partial charge in [0, 0.05) is 11.1 Å². The average Bonchev–Trinajstić information content (AvgIpc) is 2.39. The highest BCUT2D eigenvalue weighted by molar-refractivity contribution is 5.91. The summed E-state index contributed by atoms with van der Waals surface area (Å²) in [5.41, 5.74) is -0.0602. The van der Waals surface area contributed by atoms with Gasteiger partial charge >= 0.3 is 5.97 Å². The molecule has 92 valence electrons. The molecular weight excluding hydrogens is 238 g/mol. The molecule has 4 heteroatoms. The number of halogens is 2. The minimum Gasteiger partial charge on any atom is -0.465 e. The van der Waals surface area contributed by atoms with E-state index in [-0.39, 0.29) is 16.7 Å². The summed E-state index contributed by atoms with van der Waals surface area (Å²) >= 11 is 0. The first-order valence-corrected chi connectivity index (χ1v) is 5.27. The Kier molecular flexibility index (Phi) is 3.37. The van der Waals surface area contributed by atoms with E-state index in [9.17, 15) is 13.6 Å². The van der Waals surface area contributed by atoms with Gasteiger partial charge in [-0.25, -0.2) is 13.6 Å². The third kappa shape index (κ3) is 2.09. The van der Waals surface area contributed by atoms with Crippen LogP contribution in [0.5, 0.6) is 0 Å². The fraction of sp³-hybridized carbons (Fsp3) is 0.0714. The van der Waals surface area contributed by atoms with E-state index in [0.717, 1.165) is 7.11 Å². The van der Waals surface area contributed by atoms with Crippen molar-refractivity contribution in [1.29, 1.82) is 0 Å². The highest BCUT2D eigenvalue weighted by Gasteiger charge is 2.17. The molecule has 0 aliphatic heterocycles. The Labute approximate surface area is 103 Å². The summed E-state index contributed by atoms with van der Waals surface area (Å²) in [4.78, 5) is 11.3. The predicted octanol–water partition coefficient (Wildman–Crippen LogP) is 3.42. The van der Waals surface area contributed by atoms with Crippen molar-refractivity contribution < 1.29 is 18.3 Å². The molecule has 2 aromatic rings. The fourth-order valence-corrected chi connectivity index (χ4v) is 1.69. The van der Waals surface area contributed by atoms with Crippen LogP contribution in [0.4, 0.5) is 8.78 Å². The lowest BCUT2D eigenvalue weighted by Gasteiger charge is -2.07. The van der Waals surface area contributed by atoms with Gasteiger partial charge in [-0.2, -0.15) is 0 Å². The van der Waals surface area contributed by atoms with Gasteiger partial charge in [-0.05, 0) is 12.1 Å². The summed E-state index contributed by atoms with van der Waals surface area (Å²) in [6.45, 7) is 0. The van der Waals surface area contributed by atoms with Crippen molar-refractivity contribution in [3.05, 3.63) is 59.7 Å². The third-order valence-electron chi connectivity index (χ3n) is 2.57. The van der Waals surface area contributed by atoms with Crippen LogP contribution in [0.15, 0.2) is 42.5 Å². The Bertz CT molecular complexity index is 594. The first-order valence-electron chi connectivity index (χ1n) is 5.27. The van der Waals surface area contributed by atoms with E-state index in [1.807, 2.05) is 0 Å². The first-order chi connectivity index (χ1) is 8.65. The molecular formula is C14H10F2O2. The zero-order valence-corrected chi connectivity index (χ0v) is 9.61. The van der Waals surface area contributed by atoms with Crippen molar-refractivity contribution in [2.75, 3.05) is 7.11 Å². The van der Waals surface area contributed by atoms with Gasteiger partial charge in [0.05, 0.1) is 12.7 Å². The lowest BCUT2D eigenvalue weighted by atomic mass is 10.0. The van der Waals surface area contributed by atoms with Gasteiger partial charge in [-0.15, -0.1) is 0 Å². The molecule has 0 heterocycles.